The second-order valence-corrected chi connectivity index (χ2v) is 3.26. The molecular weight excluding hydrogens is 251 g/mol. The smallest absolute Gasteiger partial charge is 0.151 e. The molecule has 0 atom stereocenters. The van der Waals surface area contributed by atoms with Crippen LogP contribution >= 0.6 is 27.5 Å². The summed E-state index contributed by atoms with van der Waals surface area (Å²) in [5.41, 5.74) is 1.31. The number of carbonyl (C=O) groups is 1. The zero-order chi connectivity index (χ0) is 9.68. The normalized spacial score (nSPS) is 8.77. The molecule has 0 fully saturated rings. The van der Waals surface area contributed by atoms with E-state index in [9.17, 15) is 4.79 Å². The minimum atomic E-state index is 0.441. The van der Waals surface area contributed by atoms with Crippen molar-refractivity contribution >= 4 is 33.8 Å². The summed E-state index contributed by atoms with van der Waals surface area (Å²) in [4.78, 5) is 10.4. The van der Waals surface area contributed by atoms with Crippen molar-refractivity contribution in [1.82, 2.24) is 0 Å². The second kappa shape index (κ2) is 5.06. The van der Waals surface area contributed by atoms with Crippen molar-refractivity contribution in [3.05, 3.63) is 34.3 Å². The van der Waals surface area contributed by atoms with E-state index in [0.717, 1.165) is 11.8 Å². The Kier molecular flexibility index (Phi) is 4.01. The first-order valence-electron chi connectivity index (χ1n) is 3.57. The van der Waals surface area contributed by atoms with Crippen molar-refractivity contribution < 1.29 is 4.79 Å². The Labute approximate surface area is 90.2 Å². The topological polar surface area (TPSA) is 17.1 Å². The Morgan fingerprint density at radius 3 is 2.85 bits per heavy atom. The lowest BCUT2D eigenvalue weighted by molar-refractivity contribution is 0.112. The van der Waals surface area contributed by atoms with Gasteiger partial charge in [0.15, 0.2) is 6.29 Å². The molecule has 1 rings (SSSR count). The highest BCUT2D eigenvalue weighted by Gasteiger charge is 1.97. The predicted octanol–water partition coefficient (Wildman–Crippen LogP) is 2.90. The van der Waals surface area contributed by atoms with Crippen LogP contribution in [0.3, 0.4) is 0 Å². The van der Waals surface area contributed by atoms with Crippen LogP contribution in [0.25, 0.3) is 0 Å². The van der Waals surface area contributed by atoms with E-state index in [-0.39, 0.29) is 0 Å². The van der Waals surface area contributed by atoms with Gasteiger partial charge in [-0.05, 0) is 18.2 Å². The van der Waals surface area contributed by atoms with E-state index in [0.29, 0.717) is 15.9 Å². The Morgan fingerprint density at radius 2 is 2.31 bits per heavy atom. The van der Waals surface area contributed by atoms with Gasteiger partial charge in [0.1, 0.15) is 0 Å². The van der Waals surface area contributed by atoms with E-state index < -0.39 is 0 Å². The maximum atomic E-state index is 10.4. The maximum Gasteiger partial charge on any atom is 0.151 e. The maximum absolute atomic E-state index is 10.4. The van der Waals surface area contributed by atoms with Crippen molar-refractivity contribution in [1.29, 1.82) is 0 Å². The first-order chi connectivity index (χ1) is 6.27. The fraction of sp³-hybridized carbons (Fsp3) is 0.100. The van der Waals surface area contributed by atoms with Crippen LogP contribution in [0.5, 0.6) is 0 Å². The Bertz CT molecular complexity index is 376. The average molecular weight is 258 g/mol. The summed E-state index contributed by atoms with van der Waals surface area (Å²) in [5, 5.41) is 1.07. The molecule has 0 N–H and O–H groups in total. The lowest BCUT2D eigenvalue weighted by Crippen LogP contribution is -1.83. The summed E-state index contributed by atoms with van der Waals surface area (Å²) >= 11 is 8.99. The van der Waals surface area contributed by atoms with Gasteiger partial charge in [0.2, 0.25) is 0 Å². The molecule has 1 aromatic rings. The predicted molar refractivity (Wildman–Crippen MR) is 57.5 cm³/mol. The van der Waals surface area contributed by atoms with Gasteiger partial charge in [0.25, 0.3) is 0 Å². The summed E-state index contributed by atoms with van der Waals surface area (Å²) in [6.45, 7) is 0. The van der Waals surface area contributed by atoms with E-state index in [1.807, 2.05) is 0 Å². The number of rotatable bonds is 1. The van der Waals surface area contributed by atoms with Gasteiger partial charge >= 0.3 is 0 Å². The van der Waals surface area contributed by atoms with Crippen molar-refractivity contribution in [2.24, 2.45) is 0 Å². The molecule has 3 heteroatoms. The number of carbonyl (C=O) groups excluding carboxylic acids is 1. The minimum absolute atomic E-state index is 0.441. The van der Waals surface area contributed by atoms with E-state index in [1.54, 1.807) is 18.2 Å². The molecule has 1 aromatic carbocycles. The van der Waals surface area contributed by atoms with Crippen LogP contribution in [0.2, 0.25) is 5.02 Å². The average Bonchev–Trinajstić information content (AvgIpc) is 2.15. The second-order valence-electron chi connectivity index (χ2n) is 2.29. The van der Waals surface area contributed by atoms with Crippen molar-refractivity contribution in [3.8, 4) is 11.8 Å². The van der Waals surface area contributed by atoms with Gasteiger partial charge in [-0.3, -0.25) is 4.79 Å². The van der Waals surface area contributed by atoms with E-state index in [1.165, 1.54) is 0 Å². The summed E-state index contributed by atoms with van der Waals surface area (Å²) in [5.74, 6) is 5.74. The molecule has 66 valence electrons. The largest absolute Gasteiger partial charge is 0.298 e. The number of aldehydes is 1. The lowest BCUT2D eigenvalue weighted by Gasteiger charge is -1.95. The van der Waals surface area contributed by atoms with E-state index >= 15 is 0 Å². The number of hydrogen-bond acceptors (Lipinski definition) is 1. The van der Waals surface area contributed by atoms with Gasteiger partial charge in [-0.1, -0.05) is 39.4 Å². The third-order valence-corrected chi connectivity index (χ3v) is 2.03. The number of hydrogen-bond donors (Lipinski definition) is 0. The highest BCUT2D eigenvalue weighted by Crippen LogP contribution is 2.15. The summed E-state index contributed by atoms with van der Waals surface area (Å²) in [7, 11) is 0. The first kappa shape index (κ1) is 10.3. The molecule has 13 heavy (non-hydrogen) atoms. The van der Waals surface area contributed by atoms with Gasteiger partial charge in [0, 0.05) is 11.1 Å². The molecule has 0 aromatic heterocycles. The molecule has 0 amide bonds. The molecule has 0 spiro atoms. The van der Waals surface area contributed by atoms with Gasteiger partial charge in [0.05, 0.1) is 10.4 Å². The SMILES string of the molecule is O=Cc1ccc(C#CCBr)cc1Cl. The molecule has 0 bridgehead atoms. The fourth-order valence-corrected chi connectivity index (χ4v) is 1.20. The number of alkyl halides is 1. The molecule has 0 heterocycles. The Balaban J connectivity index is 3.02. The summed E-state index contributed by atoms with van der Waals surface area (Å²) < 4.78 is 0. The molecule has 0 unspecified atom stereocenters. The molecule has 0 aliphatic rings. The van der Waals surface area contributed by atoms with Gasteiger partial charge in [-0.2, -0.15) is 0 Å². The monoisotopic (exact) mass is 256 g/mol. The van der Waals surface area contributed by atoms with Crippen molar-refractivity contribution in [3.63, 3.8) is 0 Å². The first-order valence-corrected chi connectivity index (χ1v) is 5.07. The van der Waals surface area contributed by atoms with Crippen LogP contribution in [-0.4, -0.2) is 11.6 Å². The molecule has 0 aliphatic carbocycles. The molecule has 0 aliphatic heterocycles. The van der Waals surface area contributed by atoms with Gasteiger partial charge in [-0.25, -0.2) is 0 Å². The van der Waals surface area contributed by atoms with Crippen LogP contribution in [0.4, 0.5) is 0 Å². The highest BCUT2D eigenvalue weighted by molar-refractivity contribution is 9.09. The van der Waals surface area contributed by atoms with E-state index in [2.05, 4.69) is 27.8 Å². The fourth-order valence-electron chi connectivity index (χ4n) is 0.836. The van der Waals surface area contributed by atoms with Gasteiger partial charge < -0.3 is 0 Å². The van der Waals surface area contributed by atoms with Crippen LogP contribution in [0, 0.1) is 11.8 Å². The zero-order valence-electron chi connectivity index (χ0n) is 6.68. The van der Waals surface area contributed by atoms with Gasteiger partial charge in [-0.15, -0.1) is 0 Å². The lowest BCUT2D eigenvalue weighted by atomic mass is 10.1. The van der Waals surface area contributed by atoms with E-state index in [4.69, 9.17) is 11.6 Å². The van der Waals surface area contributed by atoms with Crippen molar-refractivity contribution in [2.75, 3.05) is 5.33 Å². The van der Waals surface area contributed by atoms with Crippen LogP contribution in [-0.2, 0) is 0 Å². The Hall–Kier alpha value is -0.780. The summed E-state index contributed by atoms with van der Waals surface area (Å²) in [6, 6.07) is 5.11. The third-order valence-electron chi connectivity index (χ3n) is 1.43. The number of benzene rings is 1. The standard InChI is InChI=1S/C10H6BrClO/c11-5-1-2-8-3-4-9(7-13)10(12)6-8/h3-4,6-7H,5H2. The molecular formula is C10H6BrClO. The third kappa shape index (κ3) is 2.87. The Morgan fingerprint density at radius 1 is 1.54 bits per heavy atom. The minimum Gasteiger partial charge on any atom is -0.298 e. The molecule has 0 saturated carbocycles. The van der Waals surface area contributed by atoms with Crippen molar-refractivity contribution in [2.45, 2.75) is 0 Å². The van der Waals surface area contributed by atoms with Crippen LogP contribution in [0.15, 0.2) is 18.2 Å². The van der Waals surface area contributed by atoms with Crippen LogP contribution in [0.1, 0.15) is 15.9 Å². The number of halogens is 2. The summed E-state index contributed by atoms with van der Waals surface area (Å²) in [6.07, 6.45) is 0.726. The zero-order valence-corrected chi connectivity index (χ0v) is 9.02. The molecule has 0 saturated heterocycles. The molecule has 1 nitrogen and oxygen atoms in total. The molecule has 0 radical (unpaired) electrons. The van der Waals surface area contributed by atoms with Crippen LogP contribution < -0.4 is 0 Å². The highest BCUT2D eigenvalue weighted by atomic mass is 79.9. The quantitative estimate of drug-likeness (QED) is 0.429.